The van der Waals surface area contributed by atoms with E-state index in [0.29, 0.717) is 4.73 Å². The molecule has 3 nitrogen and oxygen atoms in total. The van der Waals surface area contributed by atoms with Gasteiger partial charge in [-0.05, 0) is 11.0 Å². The van der Waals surface area contributed by atoms with Crippen LogP contribution in [-0.2, 0) is 5.41 Å². The van der Waals surface area contributed by atoms with Gasteiger partial charge in [0.25, 0.3) is 0 Å². The Morgan fingerprint density at radius 3 is 2.54 bits per heavy atom. The van der Waals surface area contributed by atoms with Crippen molar-refractivity contribution in [3.05, 3.63) is 40.5 Å². The van der Waals surface area contributed by atoms with Gasteiger partial charge in [-0.3, -0.25) is 0 Å². The Labute approximate surface area is 78.0 Å². The van der Waals surface area contributed by atoms with E-state index in [0.717, 1.165) is 5.56 Å². The van der Waals surface area contributed by atoms with E-state index in [2.05, 4.69) is 4.85 Å². The van der Waals surface area contributed by atoms with Crippen molar-refractivity contribution in [2.75, 3.05) is 0 Å². The molecule has 0 aliphatic heterocycles. The predicted octanol–water partition coefficient (Wildman–Crippen LogP) is 2.17. The highest BCUT2D eigenvalue weighted by atomic mass is 16.5. The van der Waals surface area contributed by atoms with E-state index < -0.39 is 0 Å². The van der Waals surface area contributed by atoms with Crippen molar-refractivity contribution in [2.24, 2.45) is 0 Å². The van der Waals surface area contributed by atoms with Gasteiger partial charge in [-0.1, -0.05) is 20.8 Å². The predicted molar refractivity (Wildman–Crippen MR) is 50.4 cm³/mol. The Morgan fingerprint density at radius 1 is 1.46 bits per heavy atom. The molecule has 0 saturated heterocycles. The van der Waals surface area contributed by atoms with Crippen LogP contribution in [0.3, 0.4) is 0 Å². The molecule has 0 amide bonds. The number of pyridine rings is 1. The highest BCUT2D eigenvalue weighted by Crippen LogP contribution is 2.23. The summed E-state index contributed by atoms with van der Waals surface area (Å²) in [6, 6.07) is 3.39. The van der Waals surface area contributed by atoms with Gasteiger partial charge in [-0.15, -0.1) is 0 Å². The lowest BCUT2D eigenvalue weighted by Gasteiger charge is -2.18. The summed E-state index contributed by atoms with van der Waals surface area (Å²) in [6.07, 6.45) is 1.38. The minimum Gasteiger partial charge on any atom is -0.629 e. The summed E-state index contributed by atoms with van der Waals surface area (Å²) >= 11 is 0. The van der Waals surface area contributed by atoms with Crippen LogP contribution in [0.4, 0.5) is 5.82 Å². The van der Waals surface area contributed by atoms with E-state index in [4.69, 9.17) is 6.57 Å². The third kappa shape index (κ3) is 1.97. The number of nitrogens with zero attached hydrogens (tertiary/aromatic N) is 2. The number of hydrogen-bond donors (Lipinski definition) is 0. The first kappa shape index (κ1) is 9.53. The third-order valence-corrected chi connectivity index (χ3v) is 1.88. The second-order valence-corrected chi connectivity index (χ2v) is 3.96. The first-order valence-electron chi connectivity index (χ1n) is 4.06. The van der Waals surface area contributed by atoms with Crippen LogP contribution in [-0.4, -0.2) is 0 Å². The van der Waals surface area contributed by atoms with Crippen molar-refractivity contribution < 1.29 is 4.73 Å². The maximum Gasteiger partial charge on any atom is 0.430 e. The van der Waals surface area contributed by atoms with Gasteiger partial charge >= 0.3 is 5.82 Å². The van der Waals surface area contributed by atoms with Gasteiger partial charge in [0.15, 0.2) is 6.20 Å². The Bertz CT molecular complexity index is 358. The highest BCUT2D eigenvalue weighted by Gasteiger charge is 2.17. The fraction of sp³-hybridized carbons (Fsp3) is 0.400. The molecule has 0 radical (unpaired) electrons. The van der Waals surface area contributed by atoms with Crippen LogP contribution < -0.4 is 4.73 Å². The molecular weight excluding hydrogens is 164 g/mol. The molecule has 0 fully saturated rings. The molecule has 0 saturated carbocycles. The van der Waals surface area contributed by atoms with Gasteiger partial charge in [0.05, 0.1) is 0 Å². The van der Waals surface area contributed by atoms with Crippen molar-refractivity contribution in [3.8, 4) is 0 Å². The molecule has 68 valence electrons. The molecule has 0 aliphatic carbocycles. The van der Waals surface area contributed by atoms with Gasteiger partial charge < -0.3 is 5.21 Å². The molecule has 0 spiro atoms. The topological polar surface area (TPSA) is 31.3 Å². The molecule has 1 aromatic rings. The van der Waals surface area contributed by atoms with Crippen molar-refractivity contribution in [3.63, 3.8) is 0 Å². The second-order valence-electron chi connectivity index (χ2n) is 3.96. The SMILES string of the molecule is [C-]#[N+]c1cc(C(C)(C)C)cc[n+]1[O-]. The first-order valence-corrected chi connectivity index (χ1v) is 4.06. The lowest BCUT2D eigenvalue weighted by Crippen LogP contribution is -2.26. The molecule has 3 heteroatoms. The molecular formula is C10H12N2O. The summed E-state index contributed by atoms with van der Waals surface area (Å²) in [4.78, 5) is 3.14. The summed E-state index contributed by atoms with van der Waals surface area (Å²) < 4.78 is 0.586. The molecule has 0 N–H and O–H groups in total. The minimum atomic E-state index is -0.0201. The highest BCUT2D eigenvalue weighted by molar-refractivity contribution is 5.36. The quantitative estimate of drug-likeness (QED) is 0.338. The van der Waals surface area contributed by atoms with Gasteiger partial charge in [0, 0.05) is 12.1 Å². The van der Waals surface area contributed by atoms with Crippen LogP contribution >= 0.6 is 0 Å². The number of rotatable bonds is 0. The van der Waals surface area contributed by atoms with Crippen LogP contribution in [0.25, 0.3) is 4.85 Å². The summed E-state index contributed by atoms with van der Waals surface area (Å²) in [5, 5.41) is 11.0. The number of hydrogen-bond acceptors (Lipinski definition) is 1. The van der Waals surface area contributed by atoms with E-state index >= 15 is 0 Å². The lowest BCUT2D eigenvalue weighted by atomic mass is 9.88. The van der Waals surface area contributed by atoms with Crippen molar-refractivity contribution in [1.82, 2.24) is 0 Å². The first-order chi connectivity index (χ1) is 5.95. The normalized spacial score (nSPS) is 10.9. The van der Waals surface area contributed by atoms with Crippen LogP contribution in [0.5, 0.6) is 0 Å². The molecule has 0 aromatic carbocycles. The third-order valence-electron chi connectivity index (χ3n) is 1.88. The van der Waals surface area contributed by atoms with E-state index in [1.165, 1.54) is 6.20 Å². The fourth-order valence-electron chi connectivity index (χ4n) is 1.02. The summed E-state index contributed by atoms with van der Waals surface area (Å²) in [7, 11) is 0. The summed E-state index contributed by atoms with van der Waals surface area (Å²) in [5.41, 5.74) is 0.985. The Balaban J connectivity index is 3.24. The molecule has 0 atom stereocenters. The molecule has 0 bridgehead atoms. The second kappa shape index (κ2) is 3.06. The summed E-state index contributed by atoms with van der Waals surface area (Å²) in [5.74, 6) is 0.132. The zero-order chi connectivity index (χ0) is 10.1. The van der Waals surface area contributed by atoms with Crippen molar-refractivity contribution >= 4 is 5.82 Å². The average molecular weight is 176 g/mol. The van der Waals surface area contributed by atoms with Gasteiger partial charge in [0.2, 0.25) is 0 Å². The minimum absolute atomic E-state index is 0.0201. The van der Waals surface area contributed by atoms with E-state index in [9.17, 15) is 5.21 Å². The zero-order valence-electron chi connectivity index (χ0n) is 8.03. The zero-order valence-corrected chi connectivity index (χ0v) is 8.03. The molecule has 1 heterocycles. The number of aromatic nitrogens is 1. The average Bonchev–Trinajstić information content (AvgIpc) is 2.03. The van der Waals surface area contributed by atoms with Crippen molar-refractivity contribution in [2.45, 2.75) is 26.2 Å². The smallest absolute Gasteiger partial charge is 0.430 e. The monoisotopic (exact) mass is 176 g/mol. The van der Waals surface area contributed by atoms with Gasteiger partial charge in [-0.25, -0.2) is 0 Å². The van der Waals surface area contributed by atoms with Gasteiger partial charge in [0.1, 0.15) is 6.57 Å². The summed E-state index contributed by atoms with van der Waals surface area (Å²) in [6.45, 7) is 12.9. The largest absolute Gasteiger partial charge is 0.629 e. The molecule has 0 aliphatic rings. The van der Waals surface area contributed by atoms with Crippen LogP contribution in [0.15, 0.2) is 18.3 Å². The van der Waals surface area contributed by atoms with E-state index in [1.807, 2.05) is 20.8 Å². The standard InChI is InChI=1S/C10H12N2O/c1-10(2,3)8-5-6-12(13)9(7-8)11-4/h5-7H,1-3H3. The lowest BCUT2D eigenvalue weighted by molar-refractivity contribution is -0.588. The Kier molecular flexibility index (Phi) is 2.24. The van der Waals surface area contributed by atoms with Gasteiger partial charge in [-0.2, -0.15) is 9.58 Å². The van der Waals surface area contributed by atoms with Crippen LogP contribution in [0, 0.1) is 11.8 Å². The van der Waals surface area contributed by atoms with E-state index in [1.54, 1.807) is 12.1 Å². The van der Waals surface area contributed by atoms with Crippen molar-refractivity contribution in [1.29, 1.82) is 0 Å². The van der Waals surface area contributed by atoms with Crippen LogP contribution in [0.1, 0.15) is 26.3 Å². The Morgan fingerprint density at radius 2 is 2.08 bits per heavy atom. The maximum absolute atomic E-state index is 11.0. The maximum atomic E-state index is 11.0. The molecule has 1 aromatic heterocycles. The molecule has 13 heavy (non-hydrogen) atoms. The molecule has 1 rings (SSSR count). The van der Waals surface area contributed by atoms with E-state index in [-0.39, 0.29) is 11.2 Å². The fourth-order valence-corrected chi connectivity index (χ4v) is 1.02. The molecule has 0 unspecified atom stereocenters. The van der Waals surface area contributed by atoms with Crippen LogP contribution in [0.2, 0.25) is 0 Å². The Hall–Kier alpha value is -1.56.